The molecule has 0 unspecified atom stereocenters. The third-order valence-electron chi connectivity index (χ3n) is 4.52. The maximum atomic E-state index is 6.06. The Kier molecular flexibility index (Phi) is 6.50. The first-order valence-electron chi connectivity index (χ1n) is 7.50. The van der Waals surface area contributed by atoms with Gasteiger partial charge in [0, 0.05) is 6.54 Å². The standard InChI is InChI=1S/C15H32N2/c1-4-5-6-11-17(3)13-15(12-16)9-7-14(2)8-10-15/h14H,4-13,16H2,1-3H3. The van der Waals surface area contributed by atoms with Gasteiger partial charge in [0.2, 0.25) is 0 Å². The summed E-state index contributed by atoms with van der Waals surface area (Å²) in [6.07, 6.45) is 9.43. The number of hydrogen-bond donors (Lipinski definition) is 1. The van der Waals surface area contributed by atoms with Crippen LogP contribution in [0.1, 0.15) is 58.8 Å². The van der Waals surface area contributed by atoms with Crippen LogP contribution in [-0.2, 0) is 0 Å². The second-order valence-corrected chi connectivity index (χ2v) is 6.33. The number of hydrogen-bond acceptors (Lipinski definition) is 2. The third kappa shape index (κ3) is 4.97. The Bertz CT molecular complexity index is 195. The molecule has 0 atom stereocenters. The van der Waals surface area contributed by atoms with Crippen molar-refractivity contribution in [3.8, 4) is 0 Å². The van der Waals surface area contributed by atoms with Crippen molar-refractivity contribution in [2.75, 3.05) is 26.7 Å². The zero-order valence-corrected chi connectivity index (χ0v) is 12.2. The van der Waals surface area contributed by atoms with Crippen LogP contribution in [0.25, 0.3) is 0 Å². The van der Waals surface area contributed by atoms with Crippen LogP contribution in [0.4, 0.5) is 0 Å². The molecule has 0 aliphatic heterocycles. The third-order valence-corrected chi connectivity index (χ3v) is 4.52. The van der Waals surface area contributed by atoms with Crippen LogP contribution < -0.4 is 5.73 Å². The average molecular weight is 240 g/mol. The number of nitrogens with two attached hydrogens (primary N) is 1. The summed E-state index contributed by atoms with van der Waals surface area (Å²) in [7, 11) is 2.27. The number of unbranched alkanes of at least 4 members (excludes halogenated alkanes) is 2. The number of rotatable bonds is 7. The topological polar surface area (TPSA) is 29.3 Å². The van der Waals surface area contributed by atoms with E-state index in [0.717, 1.165) is 12.5 Å². The first-order valence-corrected chi connectivity index (χ1v) is 7.50. The predicted octanol–water partition coefficient (Wildman–Crippen LogP) is 3.26. The van der Waals surface area contributed by atoms with E-state index in [0.29, 0.717) is 5.41 Å². The van der Waals surface area contributed by atoms with E-state index in [1.807, 2.05) is 0 Å². The molecule has 1 saturated carbocycles. The Hall–Kier alpha value is -0.0800. The highest BCUT2D eigenvalue weighted by atomic mass is 15.1. The zero-order valence-electron chi connectivity index (χ0n) is 12.2. The van der Waals surface area contributed by atoms with Gasteiger partial charge < -0.3 is 10.6 Å². The molecule has 0 bridgehead atoms. The summed E-state index contributed by atoms with van der Waals surface area (Å²) in [5.74, 6) is 0.917. The summed E-state index contributed by atoms with van der Waals surface area (Å²) >= 11 is 0. The van der Waals surface area contributed by atoms with Crippen molar-refractivity contribution in [1.82, 2.24) is 4.90 Å². The molecule has 0 heterocycles. The smallest absolute Gasteiger partial charge is 0.00470 e. The van der Waals surface area contributed by atoms with Gasteiger partial charge in [-0.25, -0.2) is 0 Å². The van der Waals surface area contributed by atoms with E-state index in [9.17, 15) is 0 Å². The minimum atomic E-state index is 0.424. The zero-order chi connectivity index (χ0) is 12.7. The summed E-state index contributed by atoms with van der Waals surface area (Å²) < 4.78 is 0. The summed E-state index contributed by atoms with van der Waals surface area (Å²) in [6.45, 7) is 7.97. The van der Waals surface area contributed by atoms with Gasteiger partial charge in [-0.05, 0) is 50.7 Å². The molecule has 1 aliphatic carbocycles. The summed E-state index contributed by atoms with van der Waals surface area (Å²) in [5, 5.41) is 0. The van der Waals surface area contributed by atoms with Crippen LogP contribution in [0, 0.1) is 11.3 Å². The van der Waals surface area contributed by atoms with E-state index in [2.05, 4.69) is 25.8 Å². The lowest BCUT2D eigenvalue weighted by molar-refractivity contribution is 0.107. The van der Waals surface area contributed by atoms with E-state index in [-0.39, 0.29) is 0 Å². The second kappa shape index (κ2) is 7.38. The van der Waals surface area contributed by atoms with E-state index in [1.54, 1.807) is 0 Å². The van der Waals surface area contributed by atoms with Gasteiger partial charge in [-0.1, -0.05) is 39.5 Å². The normalized spacial score (nSPS) is 29.8. The fraction of sp³-hybridized carbons (Fsp3) is 1.00. The molecule has 1 rings (SSSR count). The molecule has 1 fully saturated rings. The molecule has 0 spiro atoms. The molecule has 102 valence electrons. The van der Waals surface area contributed by atoms with Crippen molar-refractivity contribution in [1.29, 1.82) is 0 Å². The fourth-order valence-electron chi connectivity index (χ4n) is 3.08. The first kappa shape index (κ1) is 15.0. The molecule has 2 N–H and O–H groups in total. The van der Waals surface area contributed by atoms with Crippen molar-refractivity contribution in [3.63, 3.8) is 0 Å². The molecule has 0 amide bonds. The lowest BCUT2D eigenvalue weighted by atomic mass is 9.70. The van der Waals surface area contributed by atoms with Gasteiger partial charge in [0.25, 0.3) is 0 Å². The van der Waals surface area contributed by atoms with Crippen molar-refractivity contribution < 1.29 is 0 Å². The Morgan fingerprint density at radius 2 is 1.88 bits per heavy atom. The minimum absolute atomic E-state index is 0.424. The minimum Gasteiger partial charge on any atom is -0.330 e. The SMILES string of the molecule is CCCCCN(C)CC1(CN)CCC(C)CC1. The molecule has 0 radical (unpaired) electrons. The Morgan fingerprint density at radius 3 is 2.41 bits per heavy atom. The summed E-state index contributed by atoms with van der Waals surface area (Å²) in [5.41, 5.74) is 6.48. The highest BCUT2D eigenvalue weighted by Gasteiger charge is 2.33. The van der Waals surface area contributed by atoms with Crippen molar-refractivity contribution in [2.45, 2.75) is 58.8 Å². The first-order chi connectivity index (χ1) is 8.12. The van der Waals surface area contributed by atoms with E-state index in [4.69, 9.17) is 5.73 Å². The van der Waals surface area contributed by atoms with Crippen molar-refractivity contribution >= 4 is 0 Å². The molecule has 0 aromatic rings. The van der Waals surface area contributed by atoms with Crippen LogP contribution in [0.2, 0.25) is 0 Å². The molecule has 1 aliphatic rings. The van der Waals surface area contributed by atoms with Crippen LogP contribution in [0.3, 0.4) is 0 Å². The van der Waals surface area contributed by atoms with Gasteiger partial charge in [-0.3, -0.25) is 0 Å². The summed E-state index contributed by atoms with van der Waals surface area (Å²) in [6, 6.07) is 0. The van der Waals surface area contributed by atoms with Gasteiger partial charge in [0.15, 0.2) is 0 Å². The average Bonchev–Trinajstić information content (AvgIpc) is 2.33. The molecule has 2 heteroatoms. The van der Waals surface area contributed by atoms with Crippen molar-refractivity contribution in [3.05, 3.63) is 0 Å². The van der Waals surface area contributed by atoms with Crippen LogP contribution in [-0.4, -0.2) is 31.6 Å². The monoisotopic (exact) mass is 240 g/mol. The molecular weight excluding hydrogens is 208 g/mol. The van der Waals surface area contributed by atoms with Crippen LogP contribution in [0.15, 0.2) is 0 Å². The molecule has 0 aromatic heterocycles. The predicted molar refractivity (Wildman–Crippen MR) is 76.1 cm³/mol. The van der Waals surface area contributed by atoms with E-state index >= 15 is 0 Å². The van der Waals surface area contributed by atoms with Crippen LogP contribution in [0.5, 0.6) is 0 Å². The Labute approximate surface area is 108 Å². The molecular formula is C15H32N2. The maximum Gasteiger partial charge on any atom is 0.00470 e. The fourth-order valence-corrected chi connectivity index (χ4v) is 3.08. The maximum absolute atomic E-state index is 6.06. The molecule has 17 heavy (non-hydrogen) atoms. The molecule has 0 aromatic carbocycles. The van der Waals surface area contributed by atoms with Crippen molar-refractivity contribution in [2.24, 2.45) is 17.1 Å². The largest absolute Gasteiger partial charge is 0.330 e. The quantitative estimate of drug-likeness (QED) is 0.692. The lowest BCUT2D eigenvalue weighted by Gasteiger charge is -2.41. The van der Waals surface area contributed by atoms with E-state index < -0.39 is 0 Å². The van der Waals surface area contributed by atoms with Gasteiger partial charge in [-0.2, -0.15) is 0 Å². The number of nitrogens with zero attached hydrogens (tertiary/aromatic N) is 1. The summed E-state index contributed by atoms with van der Waals surface area (Å²) in [4.78, 5) is 2.51. The Morgan fingerprint density at radius 1 is 1.24 bits per heavy atom. The second-order valence-electron chi connectivity index (χ2n) is 6.33. The van der Waals surface area contributed by atoms with Crippen LogP contribution >= 0.6 is 0 Å². The molecule has 2 nitrogen and oxygen atoms in total. The van der Waals surface area contributed by atoms with Gasteiger partial charge >= 0.3 is 0 Å². The van der Waals surface area contributed by atoms with E-state index in [1.165, 1.54) is 58.0 Å². The van der Waals surface area contributed by atoms with Gasteiger partial charge in [0.1, 0.15) is 0 Å². The molecule has 0 saturated heterocycles. The van der Waals surface area contributed by atoms with Gasteiger partial charge in [-0.15, -0.1) is 0 Å². The Balaban J connectivity index is 2.34. The lowest BCUT2D eigenvalue weighted by Crippen LogP contribution is -2.43. The highest BCUT2D eigenvalue weighted by Crippen LogP contribution is 2.38. The highest BCUT2D eigenvalue weighted by molar-refractivity contribution is 4.87. The van der Waals surface area contributed by atoms with Gasteiger partial charge in [0.05, 0.1) is 0 Å².